The molecular weight excluding hydrogens is 316 g/mol. The van der Waals surface area contributed by atoms with Crippen molar-refractivity contribution in [2.24, 2.45) is 11.8 Å². The minimum Gasteiger partial charge on any atom is -0.417 e. The van der Waals surface area contributed by atoms with Crippen LogP contribution in [0.1, 0.15) is 73.1 Å². The van der Waals surface area contributed by atoms with Crippen LogP contribution in [0.15, 0.2) is 0 Å². The van der Waals surface area contributed by atoms with Gasteiger partial charge in [0.2, 0.25) is 0 Å². The van der Waals surface area contributed by atoms with E-state index in [1.165, 1.54) is 19.3 Å². The van der Waals surface area contributed by atoms with Gasteiger partial charge in [-0.15, -0.1) is 0 Å². The lowest BCUT2D eigenvalue weighted by atomic mass is 9.95. The third-order valence-electron chi connectivity index (χ3n) is 5.97. The molecule has 0 bridgehead atoms. The average molecular weight is 357 g/mol. The Bertz CT molecular complexity index is 376. The van der Waals surface area contributed by atoms with Gasteiger partial charge in [-0.25, -0.2) is 0 Å². The van der Waals surface area contributed by atoms with E-state index < -0.39 is 8.32 Å². The van der Waals surface area contributed by atoms with E-state index in [-0.39, 0.29) is 6.10 Å². The molecule has 1 aliphatic rings. The molecule has 1 fully saturated rings. The van der Waals surface area contributed by atoms with Crippen molar-refractivity contribution in [3.8, 4) is 0 Å². The summed E-state index contributed by atoms with van der Waals surface area (Å²) in [5.74, 6) is 1.22. The first-order valence-electron chi connectivity index (χ1n) is 9.80. The summed E-state index contributed by atoms with van der Waals surface area (Å²) in [4.78, 5) is 10.6. The molecule has 1 saturated heterocycles. The zero-order valence-corrected chi connectivity index (χ0v) is 18.1. The molecule has 0 N–H and O–H groups in total. The minimum absolute atomic E-state index is 0.166. The Morgan fingerprint density at radius 2 is 1.96 bits per heavy atom. The minimum atomic E-state index is -1.61. The molecule has 1 heterocycles. The predicted molar refractivity (Wildman–Crippen MR) is 104 cm³/mol. The second-order valence-corrected chi connectivity index (χ2v) is 14.2. The van der Waals surface area contributed by atoms with E-state index in [1.54, 1.807) is 0 Å². The SMILES string of the molecule is C[C@@H](CCCC[C@@H]1O[C@@H](CC=O)C[C@@H]1C)CO[Si](C)(C)C(C)(C)C. The van der Waals surface area contributed by atoms with Gasteiger partial charge in [0, 0.05) is 13.0 Å². The van der Waals surface area contributed by atoms with Gasteiger partial charge in [-0.05, 0) is 49.2 Å². The van der Waals surface area contributed by atoms with Crippen molar-refractivity contribution in [1.82, 2.24) is 0 Å². The Labute approximate surface area is 151 Å². The van der Waals surface area contributed by atoms with Crippen LogP contribution in [0, 0.1) is 11.8 Å². The van der Waals surface area contributed by atoms with Gasteiger partial charge in [-0.1, -0.05) is 47.5 Å². The fourth-order valence-electron chi connectivity index (χ4n) is 3.10. The third kappa shape index (κ3) is 6.97. The van der Waals surface area contributed by atoms with Crippen LogP contribution >= 0.6 is 0 Å². The van der Waals surface area contributed by atoms with E-state index in [4.69, 9.17) is 9.16 Å². The molecule has 4 heteroatoms. The number of ether oxygens (including phenoxy) is 1. The van der Waals surface area contributed by atoms with Crippen molar-refractivity contribution in [3.63, 3.8) is 0 Å². The molecule has 24 heavy (non-hydrogen) atoms. The number of hydrogen-bond acceptors (Lipinski definition) is 3. The second kappa shape index (κ2) is 9.49. The standard InChI is InChI=1S/C20H40O3Si/c1-16(15-22-24(6,7)20(3,4)5)10-8-9-11-19-17(2)14-18(23-19)12-13-21/h13,16-19H,8-12,14-15H2,1-7H3/t16-,17-,18-,19-/m0/s1. The van der Waals surface area contributed by atoms with Crippen molar-refractivity contribution in [2.75, 3.05) is 6.61 Å². The van der Waals surface area contributed by atoms with Crippen LogP contribution in [0.5, 0.6) is 0 Å². The first-order chi connectivity index (χ1) is 11.1. The highest BCUT2D eigenvalue weighted by Gasteiger charge is 2.37. The topological polar surface area (TPSA) is 35.5 Å². The van der Waals surface area contributed by atoms with Crippen LogP contribution in [-0.2, 0) is 14.0 Å². The van der Waals surface area contributed by atoms with Crippen LogP contribution in [0.3, 0.4) is 0 Å². The van der Waals surface area contributed by atoms with E-state index in [2.05, 4.69) is 47.7 Å². The van der Waals surface area contributed by atoms with E-state index in [0.29, 0.717) is 29.4 Å². The normalized spacial score (nSPS) is 26.5. The highest BCUT2D eigenvalue weighted by molar-refractivity contribution is 6.74. The zero-order chi connectivity index (χ0) is 18.4. The summed E-state index contributed by atoms with van der Waals surface area (Å²) >= 11 is 0. The van der Waals surface area contributed by atoms with Crippen molar-refractivity contribution >= 4 is 14.6 Å². The number of rotatable bonds is 10. The van der Waals surface area contributed by atoms with Crippen LogP contribution in [-0.4, -0.2) is 33.4 Å². The quantitative estimate of drug-likeness (QED) is 0.291. The summed E-state index contributed by atoms with van der Waals surface area (Å²) in [7, 11) is -1.61. The number of aldehydes is 1. The molecule has 0 aromatic heterocycles. The Morgan fingerprint density at radius 3 is 2.54 bits per heavy atom. The van der Waals surface area contributed by atoms with E-state index in [9.17, 15) is 4.79 Å². The van der Waals surface area contributed by atoms with E-state index in [0.717, 1.165) is 25.7 Å². The van der Waals surface area contributed by atoms with Gasteiger partial charge in [0.1, 0.15) is 6.29 Å². The molecule has 0 saturated carbocycles. The molecule has 0 spiro atoms. The van der Waals surface area contributed by atoms with Gasteiger partial charge in [-0.3, -0.25) is 0 Å². The molecular formula is C20H40O3Si. The molecule has 3 nitrogen and oxygen atoms in total. The Hall–Kier alpha value is -0.193. The van der Waals surface area contributed by atoms with Crippen molar-refractivity contribution < 1.29 is 14.0 Å². The Kier molecular flexibility index (Phi) is 8.64. The summed E-state index contributed by atoms with van der Waals surface area (Å²) < 4.78 is 12.3. The largest absolute Gasteiger partial charge is 0.417 e. The number of carbonyl (C=O) groups is 1. The van der Waals surface area contributed by atoms with Gasteiger partial charge in [0.25, 0.3) is 0 Å². The van der Waals surface area contributed by atoms with Gasteiger partial charge < -0.3 is 14.0 Å². The van der Waals surface area contributed by atoms with Crippen LogP contribution in [0.2, 0.25) is 18.1 Å². The summed E-state index contributed by atoms with van der Waals surface area (Å²) in [5.41, 5.74) is 0. The van der Waals surface area contributed by atoms with Crippen LogP contribution < -0.4 is 0 Å². The summed E-state index contributed by atoms with van der Waals surface area (Å²) in [6.45, 7) is 17.0. The second-order valence-electron chi connectivity index (χ2n) is 9.37. The molecule has 0 radical (unpaired) electrons. The van der Waals surface area contributed by atoms with Gasteiger partial charge >= 0.3 is 0 Å². The third-order valence-corrected chi connectivity index (χ3v) is 10.5. The molecule has 1 aliphatic heterocycles. The molecule has 0 aliphatic carbocycles. The smallest absolute Gasteiger partial charge is 0.191 e. The van der Waals surface area contributed by atoms with Crippen molar-refractivity contribution in [3.05, 3.63) is 0 Å². The Morgan fingerprint density at radius 1 is 1.29 bits per heavy atom. The molecule has 0 aromatic carbocycles. The highest BCUT2D eigenvalue weighted by atomic mass is 28.4. The molecule has 0 unspecified atom stereocenters. The van der Waals surface area contributed by atoms with Crippen LogP contribution in [0.4, 0.5) is 0 Å². The maximum Gasteiger partial charge on any atom is 0.191 e. The van der Waals surface area contributed by atoms with Gasteiger partial charge in [0.15, 0.2) is 8.32 Å². The fraction of sp³-hybridized carbons (Fsp3) is 0.950. The highest BCUT2D eigenvalue weighted by Crippen LogP contribution is 2.37. The first kappa shape index (κ1) is 21.8. The lowest BCUT2D eigenvalue weighted by Crippen LogP contribution is -2.41. The number of carbonyl (C=O) groups excluding carboxylic acids is 1. The predicted octanol–water partition coefficient (Wildman–Crippen LogP) is 5.59. The Balaban J connectivity index is 2.18. The number of hydrogen-bond donors (Lipinski definition) is 0. The van der Waals surface area contributed by atoms with Crippen molar-refractivity contribution in [2.45, 2.75) is 103 Å². The molecule has 4 atom stereocenters. The first-order valence-corrected chi connectivity index (χ1v) is 12.7. The molecule has 1 rings (SSSR count). The monoisotopic (exact) mass is 356 g/mol. The van der Waals surface area contributed by atoms with Crippen molar-refractivity contribution in [1.29, 1.82) is 0 Å². The zero-order valence-electron chi connectivity index (χ0n) is 17.1. The summed E-state index contributed by atoms with van der Waals surface area (Å²) in [6, 6.07) is 0. The maximum absolute atomic E-state index is 10.6. The molecule has 142 valence electrons. The van der Waals surface area contributed by atoms with Gasteiger partial charge in [-0.2, -0.15) is 0 Å². The lowest BCUT2D eigenvalue weighted by molar-refractivity contribution is -0.110. The maximum atomic E-state index is 10.6. The lowest BCUT2D eigenvalue weighted by Gasteiger charge is -2.37. The fourth-order valence-corrected chi connectivity index (χ4v) is 4.24. The van der Waals surface area contributed by atoms with E-state index >= 15 is 0 Å². The van der Waals surface area contributed by atoms with Gasteiger partial charge in [0.05, 0.1) is 12.2 Å². The number of unbranched alkanes of at least 4 members (excludes halogenated alkanes) is 1. The van der Waals surface area contributed by atoms with E-state index in [1.807, 2.05) is 0 Å². The molecule has 0 amide bonds. The summed E-state index contributed by atoms with van der Waals surface area (Å²) in [5, 5.41) is 0.292. The van der Waals surface area contributed by atoms with Crippen LogP contribution in [0.25, 0.3) is 0 Å². The summed E-state index contributed by atoms with van der Waals surface area (Å²) in [6.07, 6.45) is 7.93. The average Bonchev–Trinajstić information content (AvgIpc) is 2.81. The molecule has 0 aromatic rings.